The van der Waals surface area contributed by atoms with Crippen molar-refractivity contribution in [2.75, 3.05) is 51.0 Å². The molecular weight excluding hydrogens is 576 g/mol. The Kier molecular flexibility index (Phi) is 11.0. The van der Waals surface area contributed by atoms with E-state index in [4.69, 9.17) is 25.4 Å². The summed E-state index contributed by atoms with van der Waals surface area (Å²) in [7, 11) is 0. The average Bonchev–Trinajstić information content (AvgIpc) is 3.69. The first-order valence-corrected chi connectivity index (χ1v) is 14.1. The highest BCUT2D eigenvalue weighted by atomic mass is 16.5. The molecule has 0 bridgehead atoms. The molecule has 0 aliphatic carbocycles. The van der Waals surface area contributed by atoms with Gasteiger partial charge in [0.1, 0.15) is 36.9 Å². The molecule has 4 rings (SSSR count). The zero-order chi connectivity index (χ0) is 31.8. The van der Waals surface area contributed by atoms with Crippen molar-refractivity contribution in [3.63, 3.8) is 0 Å². The number of aliphatic hydroxyl groups is 4. The summed E-state index contributed by atoms with van der Waals surface area (Å²) in [6, 6.07) is 9.76. The van der Waals surface area contributed by atoms with Crippen LogP contribution in [-0.2, 0) is 20.9 Å². The largest absolute Gasteiger partial charge is 0.491 e. The number of hydrogen-bond acceptors (Lipinski definition) is 11. The molecule has 0 saturated carbocycles. The van der Waals surface area contributed by atoms with E-state index >= 15 is 0 Å². The molecule has 1 aliphatic heterocycles. The molecule has 14 heteroatoms. The van der Waals surface area contributed by atoms with Crippen LogP contribution in [0.5, 0.6) is 11.5 Å². The second-order valence-electron chi connectivity index (χ2n) is 10.3. The van der Waals surface area contributed by atoms with E-state index in [9.17, 15) is 29.4 Å². The highest BCUT2D eigenvalue weighted by Crippen LogP contribution is 2.46. The second kappa shape index (κ2) is 14.9. The van der Waals surface area contributed by atoms with Crippen molar-refractivity contribution in [3.8, 4) is 33.8 Å². The molecule has 44 heavy (non-hydrogen) atoms. The van der Waals surface area contributed by atoms with Crippen LogP contribution in [0.4, 0.5) is 5.69 Å². The van der Waals surface area contributed by atoms with E-state index in [0.29, 0.717) is 39.3 Å². The number of fused-ring (bicyclic) bond motifs is 5. The van der Waals surface area contributed by atoms with Crippen LogP contribution < -0.4 is 36.2 Å². The monoisotopic (exact) mass is 612 g/mol. The van der Waals surface area contributed by atoms with E-state index in [0.717, 1.165) is 0 Å². The molecule has 2 atom stereocenters. The summed E-state index contributed by atoms with van der Waals surface area (Å²) in [6.45, 7) is -1.13. The van der Waals surface area contributed by atoms with Crippen LogP contribution in [0.2, 0.25) is 0 Å². The standard InChI is InChI=1S/C30H36N4O10/c31-7-8-32-26(40)11-33-25(39)5-6-27(41)34-12-17-9-20(43-15-18(37)13-35)1-3-22(17)28-29(30(28)42)23-4-2-21(10-24(23)34)44-16-19(38)14-36/h1-4,9-10,18-19,35-38H,5-8,11-16,31H2,(H,32,40)(H,33,39)/t18-,19-/m0/s1. The van der Waals surface area contributed by atoms with Gasteiger partial charge in [0, 0.05) is 48.7 Å². The van der Waals surface area contributed by atoms with Gasteiger partial charge in [0.25, 0.3) is 0 Å². The first kappa shape index (κ1) is 32.6. The predicted octanol–water partition coefficient (Wildman–Crippen LogP) is -1.46. The number of aliphatic hydroxyl groups excluding tert-OH is 4. The van der Waals surface area contributed by atoms with Crippen molar-refractivity contribution in [2.45, 2.75) is 31.6 Å². The lowest BCUT2D eigenvalue weighted by Gasteiger charge is -2.28. The third kappa shape index (κ3) is 7.98. The van der Waals surface area contributed by atoms with Crippen molar-refractivity contribution >= 4 is 23.4 Å². The number of benzene rings is 2. The second-order valence-corrected chi connectivity index (χ2v) is 10.3. The first-order valence-electron chi connectivity index (χ1n) is 14.1. The Labute approximate surface area is 252 Å². The number of amides is 3. The highest BCUT2D eigenvalue weighted by molar-refractivity contribution is 6.06. The van der Waals surface area contributed by atoms with Gasteiger partial charge in [-0.1, -0.05) is 6.07 Å². The Morgan fingerprint density at radius 1 is 0.864 bits per heavy atom. The Bertz CT molecular complexity index is 1500. The van der Waals surface area contributed by atoms with Gasteiger partial charge in [0.2, 0.25) is 17.7 Å². The molecule has 0 unspecified atom stereocenters. The SMILES string of the molecule is NCCNC(=O)CNC(=O)CCC(=O)N1Cc2cc(OC[C@@H](O)CO)ccc2-c2c(c2=O)-c2ccc(OC[C@@H](O)CO)cc21. The normalized spacial score (nSPS) is 13.5. The van der Waals surface area contributed by atoms with E-state index in [2.05, 4.69) is 10.6 Å². The van der Waals surface area contributed by atoms with Crippen molar-refractivity contribution in [3.05, 3.63) is 52.2 Å². The summed E-state index contributed by atoms with van der Waals surface area (Å²) in [6.07, 6.45) is -2.66. The minimum atomic E-state index is -1.13. The zero-order valence-electron chi connectivity index (χ0n) is 24.0. The van der Waals surface area contributed by atoms with Crippen molar-refractivity contribution in [1.29, 1.82) is 0 Å². The molecule has 3 amide bonds. The first-order chi connectivity index (χ1) is 21.2. The van der Waals surface area contributed by atoms with Crippen molar-refractivity contribution < 1.29 is 44.3 Å². The van der Waals surface area contributed by atoms with Crippen LogP contribution in [0.1, 0.15) is 18.4 Å². The molecular formula is C30H36N4O10. The maximum Gasteiger partial charge on any atom is 0.239 e. The Morgan fingerprint density at radius 2 is 1.48 bits per heavy atom. The minimum absolute atomic E-state index is 0.0171. The molecule has 0 saturated heterocycles. The van der Waals surface area contributed by atoms with Gasteiger partial charge in [-0.15, -0.1) is 0 Å². The van der Waals surface area contributed by atoms with E-state index < -0.39 is 43.1 Å². The van der Waals surface area contributed by atoms with Gasteiger partial charge in [0.05, 0.1) is 32.0 Å². The molecule has 1 aliphatic rings. The molecule has 0 spiro atoms. The summed E-state index contributed by atoms with van der Waals surface area (Å²) in [5.74, 6) is -0.745. The topological polar surface area (TPSA) is 221 Å². The molecule has 3 aromatic carbocycles. The third-order valence-electron chi connectivity index (χ3n) is 6.93. The number of nitrogens with zero attached hydrogens (tertiary/aromatic N) is 1. The molecule has 8 N–H and O–H groups in total. The summed E-state index contributed by atoms with van der Waals surface area (Å²) in [5.41, 5.74) is 8.09. The predicted molar refractivity (Wildman–Crippen MR) is 159 cm³/mol. The zero-order valence-corrected chi connectivity index (χ0v) is 24.0. The van der Waals surface area contributed by atoms with Gasteiger partial charge < -0.3 is 51.2 Å². The number of hydrogen-bond donors (Lipinski definition) is 7. The van der Waals surface area contributed by atoms with Crippen LogP contribution in [0, 0.1) is 0 Å². The number of carbonyl (C=O) groups is 3. The smallest absolute Gasteiger partial charge is 0.239 e. The number of carbonyl (C=O) groups excluding carboxylic acids is 3. The molecule has 236 valence electrons. The quantitative estimate of drug-likeness (QED) is 0.105. The minimum Gasteiger partial charge on any atom is -0.491 e. The van der Waals surface area contributed by atoms with E-state index in [1.54, 1.807) is 36.4 Å². The van der Waals surface area contributed by atoms with Gasteiger partial charge in [-0.3, -0.25) is 19.2 Å². The molecule has 0 aromatic heterocycles. The highest BCUT2D eigenvalue weighted by Gasteiger charge is 2.34. The molecule has 3 aromatic rings. The lowest BCUT2D eigenvalue weighted by molar-refractivity contribution is -0.127. The maximum atomic E-state index is 13.7. The fourth-order valence-electron chi connectivity index (χ4n) is 4.62. The van der Waals surface area contributed by atoms with Gasteiger partial charge in [-0.2, -0.15) is 0 Å². The number of ether oxygens (including phenoxy) is 2. The fraction of sp³-hybridized carbons (Fsp3) is 0.400. The Hall–Kier alpha value is -4.34. The average molecular weight is 613 g/mol. The number of nitrogens with two attached hydrogens (primary N) is 1. The molecule has 0 fully saturated rings. The van der Waals surface area contributed by atoms with Crippen LogP contribution in [0.25, 0.3) is 22.3 Å². The molecule has 14 nitrogen and oxygen atoms in total. The number of rotatable bonds is 15. The summed E-state index contributed by atoms with van der Waals surface area (Å²) < 4.78 is 11.2. The van der Waals surface area contributed by atoms with E-state index in [-0.39, 0.29) is 63.4 Å². The van der Waals surface area contributed by atoms with Crippen LogP contribution in [0.3, 0.4) is 0 Å². The summed E-state index contributed by atoms with van der Waals surface area (Å²) in [4.78, 5) is 52.4. The maximum absolute atomic E-state index is 13.7. The lowest BCUT2D eigenvalue weighted by Crippen LogP contribution is -2.39. The summed E-state index contributed by atoms with van der Waals surface area (Å²) in [5, 5.41) is 42.7. The van der Waals surface area contributed by atoms with Crippen LogP contribution >= 0.6 is 0 Å². The Balaban J connectivity index is 1.62. The lowest BCUT2D eigenvalue weighted by atomic mass is 9.98. The van der Waals surface area contributed by atoms with Crippen LogP contribution in [-0.4, -0.2) is 96.4 Å². The van der Waals surface area contributed by atoms with E-state index in [1.165, 1.54) is 4.90 Å². The van der Waals surface area contributed by atoms with Gasteiger partial charge >= 0.3 is 0 Å². The molecule has 0 radical (unpaired) electrons. The number of nitrogens with one attached hydrogen (secondary N) is 2. The van der Waals surface area contributed by atoms with Gasteiger partial charge in [0.15, 0.2) is 5.43 Å². The van der Waals surface area contributed by atoms with Gasteiger partial charge in [-0.05, 0) is 35.4 Å². The number of anilines is 1. The van der Waals surface area contributed by atoms with Gasteiger partial charge in [-0.25, -0.2) is 0 Å². The van der Waals surface area contributed by atoms with Crippen LogP contribution in [0.15, 0.2) is 41.2 Å². The Morgan fingerprint density at radius 3 is 2.11 bits per heavy atom. The molecule has 1 heterocycles. The van der Waals surface area contributed by atoms with E-state index in [1.807, 2.05) is 0 Å². The van der Waals surface area contributed by atoms with Crippen molar-refractivity contribution in [2.24, 2.45) is 5.73 Å². The summed E-state index contributed by atoms with van der Waals surface area (Å²) >= 11 is 0. The van der Waals surface area contributed by atoms with Crippen molar-refractivity contribution in [1.82, 2.24) is 10.6 Å². The third-order valence-corrected chi connectivity index (χ3v) is 6.93. The fourth-order valence-corrected chi connectivity index (χ4v) is 4.62.